The predicted molar refractivity (Wildman–Crippen MR) is 130 cm³/mol. The maximum atomic E-state index is 13.4. The lowest BCUT2D eigenvalue weighted by atomic mass is 9.94. The summed E-state index contributed by atoms with van der Waals surface area (Å²) in [6, 6.07) is 10.7. The molecule has 0 unspecified atom stereocenters. The molecule has 1 heterocycles. The first kappa shape index (κ1) is 25.7. The molecule has 1 amide bonds. The van der Waals surface area contributed by atoms with Gasteiger partial charge in [0.25, 0.3) is 5.91 Å². The second kappa shape index (κ2) is 11.0. The summed E-state index contributed by atoms with van der Waals surface area (Å²) >= 11 is 1.31. The maximum absolute atomic E-state index is 13.4. The van der Waals surface area contributed by atoms with Crippen LogP contribution >= 0.6 is 11.8 Å². The monoisotopic (exact) mass is 492 g/mol. The summed E-state index contributed by atoms with van der Waals surface area (Å²) in [6.07, 6.45) is 1.83. The summed E-state index contributed by atoms with van der Waals surface area (Å²) in [7, 11) is -3.72. The van der Waals surface area contributed by atoms with Gasteiger partial charge < -0.3 is 5.32 Å². The Morgan fingerprint density at radius 3 is 2.36 bits per heavy atom. The van der Waals surface area contributed by atoms with Crippen LogP contribution in [-0.2, 0) is 10.0 Å². The Balaban J connectivity index is 1.94. The molecule has 1 aliphatic rings. The van der Waals surface area contributed by atoms with E-state index in [-0.39, 0.29) is 28.5 Å². The van der Waals surface area contributed by atoms with Crippen molar-refractivity contribution < 1.29 is 17.6 Å². The lowest BCUT2D eigenvalue weighted by Crippen LogP contribution is -2.42. The molecule has 1 fully saturated rings. The SMILES string of the molecule is CC(C)CCNC(=O)c1cc(S(=O)(=O)N2C[C@@H](C)C[C@H](C)C2)ccc1Sc1ccc(F)cc1. The molecule has 0 radical (unpaired) electrons. The van der Waals surface area contributed by atoms with E-state index in [0.717, 1.165) is 17.7 Å². The standard InChI is InChI=1S/C25H33FN2O3S2/c1-17(2)11-12-27-25(29)23-14-22(33(30,31)28-15-18(3)13-19(4)16-28)9-10-24(23)32-21-7-5-20(26)6-8-21/h5-10,14,17-19H,11-13,15-16H2,1-4H3,(H,27,29)/t18-,19-/m0/s1. The van der Waals surface area contributed by atoms with E-state index in [4.69, 9.17) is 0 Å². The van der Waals surface area contributed by atoms with Gasteiger partial charge >= 0.3 is 0 Å². The van der Waals surface area contributed by atoms with E-state index in [2.05, 4.69) is 33.0 Å². The van der Waals surface area contributed by atoms with Crippen molar-refractivity contribution in [2.24, 2.45) is 17.8 Å². The Labute approximate surface area is 201 Å². The van der Waals surface area contributed by atoms with Crippen LogP contribution in [0.4, 0.5) is 4.39 Å². The van der Waals surface area contributed by atoms with E-state index in [9.17, 15) is 17.6 Å². The number of benzene rings is 2. The van der Waals surface area contributed by atoms with Crippen molar-refractivity contribution in [1.29, 1.82) is 0 Å². The number of hydrogen-bond donors (Lipinski definition) is 1. The third-order valence-electron chi connectivity index (χ3n) is 5.72. The number of sulfonamides is 1. The topological polar surface area (TPSA) is 66.5 Å². The Morgan fingerprint density at radius 2 is 1.76 bits per heavy atom. The third-order valence-corrected chi connectivity index (χ3v) is 8.63. The number of nitrogens with zero attached hydrogens (tertiary/aromatic N) is 1. The second-order valence-electron chi connectivity index (χ2n) is 9.42. The van der Waals surface area contributed by atoms with Crippen molar-refractivity contribution in [3.05, 3.63) is 53.8 Å². The quantitative estimate of drug-likeness (QED) is 0.534. The summed E-state index contributed by atoms with van der Waals surface area (Å²) < 4.78 is 41.7. The number of halogens is 1. The van der Waals surface area contributed by atoms with Gasteiger partial charge in [0.15, 0.2) is 0 Å². The first-order valence-corrected chi connectivity index (χ1v) is 13.7. The number of rotatable bonds is 8. The highest BCUT2D eigenvalue weighted by Crippen LogP contribution is 2.34. The van der Waals surface area contributed by atoms with Crippen molar-refractivity contribution in [1.82, 2.24) is 9.62 Å². The van der Waals surface area contributed by atoms with Crippen LogP contribution in [0.15, 0.2) is 57.2 Å². The Kier molecular flexibility index (Phi) is 8.59. The molecule has 3 rings (SSSR count). The molecule has 1 aliphatic heterocycles. The maximum Gasteiger partial charge on any atom is 0.252 e. The van der Waals surface area contributed by atoms with Gasteiger partial charge in [0.1, 0.15) is 5.82 Å². The molecule has 0 bridgehead atoms. The molecule has 180 valence electrons. The molecule has 2 aromatic carbocycles. The summed E-state index contributed by atoms with van der Waals surface area (Å²) in [5.74, 6) is 0.370. The molecule has 2 atom stereocenters. The van der Waals surface area contributed by atoms with Crippen molar-refractivity contribution in [2.45, 2.75) is 55.2 Å². The second-order valence-corrected chi connectivity index (χ2v) is 12.5. The molecule has 2 aromatic rings. The highest BCUT2D eigenvalue weighted by atomic mass is 32.2. The van der Waals surface area contributed by atoms with Gasteiger partial charge in [-0.2, -0.15) is 4.31 Å². The summed E-state index contributed by atoms with van der Waals surface area (Å²) in [6.45, 7) is 9.76. The van der Waals surface area contributed by atoms with Crippen molar-refractivity contribution in [2.75, 3.05) is 19.6 Å². The van der Waals surface area contributed by atoms with E-state index < -0.39 is 10.0 Å². The predicted octanol–water partition coefficient (Wildman–Crippen LogP) is 5.42. The van der Waals surface area contributed by atoms with Crippen LogP contribution in [0.3, 0.4) is 0 Å². The zero-order chi connectivity index (χ0) is 24.2. The molecule has 0 aromatic heterocycles. The fourth-order valence-electron chi connectivity index (χ4n) is 4.09. The number of hydrogen-bond acceptors (Lipinski definition) is 4. The zero-order valence-electron chi connectivity index (χ0n) is 19.7. The molecule has 1 saturated heterocycles. The molecular formula is C25H33FN2O3S2. The Morgan fingerprint density at radius 1 is 1.12 bits per heavy atom. The van der Waals surface area contributed by atoms with Crippen molar-refractivity contribution in [3.63, 3.8) is 0 Å². The molecule has 0 aliphatic carbocycles. The molecule has 8 heteroatoms. The fourth-order valence-corrected chi connectivity index (χ4v) is 6.72. The average Bonchev–Trinajstić information content (AvgIpc) is 2.74. The van der Waals surface area contributed by atoms with Crippen molar-refractivity contribution >= 4 is 27.7 Å². The molecular weight excluding hydrogens is 459 g/mol. The number of nitrogens with one attached hydrogen (secondary N) is 1. The number of piperidine rings is 1. The summed E-state index contributed by atoms with van der Waals surface area (Å²) in [4.78, 5) is 14.6. The van der Waals surface area contributed by atoms with Gasteiger partial charge in [-0.3, -0.25) is 4.79 Å². The van der Waals surface area contributed by atoms with Crippen molar-refractivity contribution in [3.8, 4) is 0 Å². The average molecular weight is 493 g/mol. The first-order valence-electron chi connectivity index (χ1n) is 11.4. The zero-order valence-corrected chi connectivity index (χ0v) is 21.3. The molecule has 0 spiro atoms. The van der Waals surface area contributed by atoms with Crippen LogP contribution in [0.1, 0.15) is 50.9 Å². The molecule has 0 saturated carbocycles. The van der Waals surface area contributed by atoms with Gasteiger partial charge in [-0.15, -0.1) is 0 Å². The summed E-state index contributed by atoms with van der Waals surface area (Å²) in [5.41, 5.74) is 0.312. The normalized spacial score (nSPS) is 19.6. The highest BCUT2D eigenvalue weighted by molar-refractivity contribution is 7.99. The Bertz CT molecular complexity index is 1060. The van der Waals surface area contributed by atoms with Gasteiger partial charge in [0, 0.05) is 29.4 Å². The van der Waals surface area contributed by atoms with Crippen LogP contribution in [0.5, 0.6) is 0 Å². The van der Waals surface area contributed by atoms with Crippen LogP contribution in [0.25, 0.3) is 0 Å². The van der Waals surface area contributed by atoms with Gasteiger partial charge in [-0.05, 0) is 73.1 Å². The number of amides is 1. The van der Waals surface area contributed by atoms with Crippen LogP contribution < -0.4 is 5.32 Å². The third kappa shape index (κ3) is 6.80. The van der Waals surface area contributed by atoms with E-state index in [0.29, 0.717) is 36.0 Å². The van der Waals surface area contributed by atoms with Crippen LogP contribution in [-0.4, -0.2) is 38.3 Å². The van der Waals surface area contributed by atoms with E-state index in [1.54, 1.807) is 24.3 Å². The number of carbonyl (C=O) groups excluding carboxylic acids is 1. The largest absolute Gasteiger partial charge is 0.352 e. The Hall–Kier alpha value is -1.90. The molecule has 33 heavy (non-hydrogen) atoms. The van der Waals surface area contributed by atoms with Gasteiger partial charge in [0.05, 0.1) is 10.5 Å². The minimum atomic E-state index is -3.72. The molecule has 5 nitrogen and oxygen atoms in total. The number of carbonyl (C=O) groups is 1. The first-order chi connectivity index (χ1) is 15.6. The fraction of sp³-hybridized carbons (Fsp3) is 0.480. The molecule has 1 N–H and O–H groups in total. The van der Waals surface area contributed by atoms with Gasteiger partial charge in [-0.25, -0.2) is 12.8 Å². The lowest BCUT2D eigenvalue weighted by Gasteiger charge is -2.34. The minimum Gasteiger partial charge on any atom is -0.352 e. The minimum absolute atomic E-state index is 0.126. The van der Waals surface area contributed by atoms with E-state index >= 15 is 0 Å². The highest BCUT2D eigenvalue weighted by Gasteiger charge is 2.32. The van der Waals surface area contributed by atoms with Gasteiger partial charge in [0.2, 0.25) is 10.0 Å². The van der Waals surface area contributed by atoms with E-state index in [1.807, 2.05) is 0 Å². The van der Waals surface area contributed by atoms with Gasteiger partial charge in [-0.1, -0.05) is 39.5 Å². The summed E-state index contributed by atoms with van der Waals surface area (Å²) in [5, 5.41) is 2.92. The van der Waals surface area contributed by atoms with E-state index in [1.165, 1.54) is 34.3 Å². The lowest BCUT2D eigenvalue weighted by molar-refractivity contribution is 0.0949. The van der Waals surface area contributed by atoms with Crippen LogP contribution in [0.2, 0.25) is 0 Å². The van der Waals surface area contributed by atoms with Crippen LogP contribution in [0, 0.1) is 23.6 Å². The smallest absolute Gasteiger partial charge is 0.252 e.